The van der Waals surface area contributed by atoms with E-state index in [0.717, 1.165) is 21.9 Å². The van der Waals surface area contributed by atoms with Gasteiger partial charge in [-0.15, -0.1) is 11.8 Å². The van der Waals surface area contributed by atoms with E-state index in [2.05, 4.69) is 6.92 Å². The molecule has 0 radical (unpaired) electrons. The number of aryl methyl sites for hydroxylation is 1. The van der Waals surface area contributed by atoms with Gasteiger partial charge in [-0.05, 0) is 24.3 Å². The first-order valence-electron chi connectivity index (χ1n) is 4.77. The zero-order valence-electron chi connectivity index (χ0n) is 9.15. The number of thioether (sulfide) groups is 1. The molecule has 0 aliphatic rings. The molecule has 0 saturated heterocycles. The third-order valence-electron chi connectivity index (χ3n) is 2.13. The predicted molar refractivity (Wildman–Crippen MR) is 64.0 cm³/mol. The maximum Gasteiger partial charge on any atom is 0.411 e. The van der Waals surface area contributed by atoms with E-state index in [4.69, 9.17) is 5.11 Å². The fourth-order valence-corrected chi connectivity index (χ4v) is 2.27. The smallest absolute Gasteiger partial charge is 0.411 e. The molecule has 0 bridgehead atoms. The van der Waals surface area contributed by atoms with Crippen molar-refractivity contribution in [1.29, 1.82) is 0 Å². The lowest BCUT2D eigenvalue weighted by molar-refractivity contribution is 0.203. The summed E-state index contributed by atoms with van der Waals surface area (Å²) in [5.41, 5.74) is 1.88. The van der Waals surface area contributed by atoms with E-state index >= 15 is 0 Å². The minimum absolute atomic E-state index is 0.759. The van der Waals surface area contributed by atoms with Crippen LogP contribution in [0.4, 0.5) is 10.5 Å². The lowest BCUT2D eigenvalue weighted by atomic mass is 10.2. The van der Waals surface area contributed by atoms with Crippen LogP contribution in [0.25, 0.3) is 0 Å². The van der Waals surface area contributed by atoms with Crippen molar-refractivity contribution in [2.75, 3.05) is 17.7 Å². The lowest BCUT2D eigenvalue weighted by Gasteiger charge is -2.18. The molecule has 0 saturated carbocycles. The average Bonchev–Trinajstić information content (AvgIpc) is 2.20. The number of hydrogen-bond acceptors (Lipinski definition) is 2. The van der Waals surface area contributed by atoms with Crippen molar-refractivity contribution >= 4 is 23.5 Å². The van der Waals surface area contributed by atoms with Crippen molar-refractivity contribution < 1.29 is 9.90 Å². The highest BCUT2D eigenvalue weighted by atomic mass is 32.2. The van der Waals surface area contributed by atoms with Gasteiger partial charge in [0.25, 0.3) is 0 Å². The van der Waals surface area contributed by atoms with E-state index < -0.39 is 6.09 Å². The van der Waals surface area contributed by atoms with Crippen molar-refractivity contribution in [2.24, 2.45) is 0 Å². The maximum atomic E-state index is 10.9. The summed E-state index contributed by atoms with van der Waals surface area (Å²) in [6.07, 6.45) is -0.932. The molecule has 1 aromatic carbocycles. The summed E-state index contributed by atoms with van der Waals surface area (Å²) in [6, 6.07) is 5.71. The van der Waals surface area contributed by atoms with E-state index in [0.29, 0.717) is 0 Å². The summed E-state index contributed by atoms with van der Waals surface area (Å²) in [7, 11) is 1.57. The van der Waals surface area contributed by atoms with Gasteiger partial charge in [-0.2, -0.15) is 0 Å². The summed E-state index contributed by atoms with van der Waals surface area (Å²) >= 11 is 1.67. The number of rotatable bonds is 3. The Morgan fingerprint density at radius 3 is 2.73 bits per heavy atom. The molecule has 15 heavy (non-hydrogen) atoms. The van der Waals surface area contributed by atoms with Crippen molar-refractivity contribution in [2.45, 2.75) is 18.7 Å². The molecule has 1 amide bonds. The van der Waals surface area contributed by atoms with E-state index in [1.165, 1.54) is 4.90 Å². The van der Waals surface area contributed by atoms with Gasteiger partial charge in [0.1, 0.15) is 0 Å². The van der Waals surface area contributed by atoms with Crippen molar-refractivity contribution in [3.8, 4) is 0 Å². The summed E-state index contributed by atoms with van der Waals surface area (Å²) in [4.78, 5) is 13.2. The lowest BCUT2D eigenvalue weighted by Crippen LogP contribution is -2.24. The molecule has 1 N–H and O–H groups in total. The number of carboxylic acid groups (broad SMARTS) is 1. The first-order chi connectivity index (χ1) is 7.07. The molecular formula is C11H15NO2S. The van der Waals surface area contributed by atoms with Crippen LogP contribution in [0, 0.1) is 6.92 Å². The summed E-state index contributed by atoms with van der Waals surface area (Å²) in [6.45, 7) is 4.05. The third kappa shape index (κ3) is 2.65. The molecular weight excluding hydrogens is 210 g/mol. The standard InChI is InChI=1S/C11H15NO2S/c1-4-15-10-8(2)6-5-7-9(10)12(3)11(13)14/h5-7H,4H2,1-3H3,(H,13,14). The van der Waals surface area contributed by atoms with Crippen molar-refractivity contribution in [3.63, 3.8) is 0 Å². The van der Waals surface area contributed by atoms with Crippen LogP contribution in [0.3, 0.4) is 0 Å². The van der Waals surface area contributed by atoms with Crippen LogP contribution in [0.15, 0.2) is 23.1 Å². The Morgan fingerprint density at radius 2 is 2.20 bits per heavy atom. The molecule has 82 valence electrons. The maximum absolute atomic E-state index is 10.9. The molecule has 0 atom stereocenters. The van der Waals surface area contributed by atoms with Crippen LogP contribution >= 0.6 is 11.8 Å². The minimum atomic E-state index is -0.932. The molecule has 3 nitrogen and oxygen atoms in total. The summed E-state index contributed by atoms with van der Waals surface area (Å²) in [5, 5.41) is 8.94. The highest BCUT2D eigenvalue weighted by Gasteiger charge is 2.14. The first kappa shape index (κ1) is 11.9. The fraction of sp³-hybridized carbons (Fsp3) is 0.364. The van der Waals surface area contributed by atoms with Gasteiger partial charge >= 0.3 is 6.09 Å². The van der Waals surface area contributed by atoms with Crippen LogP contribution in [0.1, 0.15) is 12.5 Å². The molecule has 0 unspecified atom stereocenters. The minimum Gasteiger partial charge on any atom is -0.465 e. The highest BCUT2D eigenvalue weighted by molar-refractivity contribution is 7.99. The fourth-order valence-electron chi connectivity index (χ4n) is 1.34. The van der Waals surface area contributed by atoms with Crippen LogP contribution in [0.5, 0.6) is 0 Å². The van der Waals surface area contributed by atoms with Crippen molar-refractivity contribution in [3.05, 3.63) is 23.8 Å². The van der Waals surface area contributed by atoms with Crippen molar-refractivity contribution in [1.82, 2.24) is 0 Å². The van der Waals surface area contributed by atoms with E-state index in [-0.39, 0.29) is 0 Å². The summed E-state index contributed by atoms with van der Waals surface area (Å²) < 4.78 is 0. The van der Waals surface area contributed by atoms with Gasteiger partial charge < -0.3 is 5.11 Å². The normalized spacial score (nSPS) is 10.1. The molecule has 1 rings (SSSR count). The van der Waals surface area contributed by atoms with E-state index in [9.17, 15) is 4.79 Å². The number of hydrogen-bond donors (Lipinski definition) is 1. The number of benzene rings is 1. The molecule has 0 aliphatic heterocycles. The number of amides is 1. The Kier molecular flexibility index (Phi) is 4.03. The number of nitrogens with zero attached hydrogens (tertiary/aromatic N) is 1. The quantitative estimate of drug-likeness (QED) is 0.803. The predicted octanol–water partition coefficient (Wildman–Crippen LogP) is 3.22. The Bertz CT molecular complexity index is 366. The summed E-state index contributed by atoms with van der Waals surface area (Å²) in [5.74, 6) is 0.936. The molecule has 4 heteroatoms. The van der Waals surface area contributed by atoms with Crippen LogP contribution in [-0.4, -0.2) is 24.0 Å². The van der Waals surface area contributed by atoms with Gasteiger partial charge in [0.15, 0.2) is 0 Å². The Morgan fingerprint density at radius 1 is 1.53 bits per heavy atom. The Labute approximate surface area is 94.1 Å². The second-order valence-corrected chi connectivity index (χ2v) is 4.47. The topological polar surface area (TPSA) is 40.5 Å². The second kappa shape index (κ2) is 5.07. The molecule has 0 spiro atoms. The largest absolute Gasteiger partial charge is 0.465 e. The van der Waals surface area contributed by atoms with Crippen LogP contribution in [-0.2, 0) is 0 Å². The molecule has 0 heterocycles. The zero-order valence-corrected chi connectivity index (χ0v) is 9.97. The third-order valence-corrected chi connectivity index (χ3v) is 3.24. The SMILES string of the molecule is CCSc1c(C)cccc1N(C)C(=O)O. The number of carbonyl (C=O) groups is 1. The molecule has 0 aliphatic carbocycles. The van der Waals surface area contributed by atoms with Gasteiger partial charge in [-0.3, -0.25) is 4.90 Å². The van der Waals surface area contributed by atoms with Gasteiger partial charge in [-0.1, -0.05) is 19.1 Å². The molecule has 0 fully saturated rings. The van der Waals surface area contributed by atoms with Gasteiger partial charge in [0.05, 0.1) is 5.69 Å². The van der Waals surface area contributed by atoms with Gasteiger partial charge in [0, 0.05) is 11.9 Å². The monoisotopic (exact) mass is 225 g/mol. The average molecular weight is 225 g/mol. The van der Waals surface area contributed by atoms with Crippen LogP contribution < -0.4 is 4.90 Å². The molecule has 0 aromatic heterocycles. The van der Waals surface area contributed by atoms with Gasteiger partial charge in [-0.25, -0.2) is 4.79 Å². The highest BCUT2D eigenvalue weighted by Crippen LogP contribution is 2.32. The van der Waals surface area contributed by atoms with E-state index in [1.807, 2.05) is 25.1 Å². The van der Waals surface area contributed by atoms with Gasteiger partial charge in [0.2, 0.25) is 0 Å². The molecule has 1 aromatic rings. The first-order valence-corrected chi connectivity index (χ1v) is 5.75. The Balaban J connectivity index is 3.15. The Hall–Kier alpha value is -1.16. The van der Waals surface area contributed by atoms with E-state index in [1.54, 1.807) is 18.8 Å². The second-order valence-electron chi connectivity index (χ2n) is 3.20. The van der Waals surface area contributed by atoms with Crippen LogP contribution in [0.2, 0.25) is 0 Å². The number of anilines is 1. The zero-order chi connectivity index (χ0) is 11.4.